The van der Waals surface area contributed by atoms with Gasteiger partial charge in [-0.05, 0) is 19.5 Å². The molecule has 3 heteroatoms. The van der Waals surface area contributed by atoms with E-state index in [-0.39, 0.29) is 5.97 Å². The third-order valence-corrected chi connectivity index (χ3v) is 3.34. The summed E-state index contributed by atoms with van der Waals surface area (Å²) < 4.78 is 5.21. The maximum absolute atomic E-state index is 11.2. The predicted octanol–water partition coefficient (Wildman–Crippen LogP) is 4.04. The number of unbranched alkanes of at least 4 members (excludes halogenated alkanes) is 7. The second-order valence-electron chi connectivity index (χ2n) is 4.76. The van der Waals surface area contributed by atoms with Crippen molar-refractivity contribution in [3.63, 3.8) is 0 Å². The maximum Gasteiger partial charge on any atom is 0.292 e. The Hall–Kier alpha value is -0.313. The fraction of sp³-hybridized carbons (Fsp3) is 0.923. The molecule has 0 saturated carbocycles. The number of carbonyl (C=O) groups excluding carboxylic acids is 1. The molecule has 0 aromatic carbocycles. The van der Waals surface area contributed by atoms with Crippen molar-refractivity contribution in [2.75, 3.05) is 0 Å². The molecule has 0 amide bonds. The number of carbonyl (C=O) groups is 1. The van der Waals surface area contributed by atoms with Crippen LogP contribution in [0.25, 0.3) is 0 Å². The van der Waals surface area contributed by atoms with E-state index in [0.717, 1.165) is 6.42 Å². The Labute approximate surface area is 102 Å². The molecule has 0 heterocycles. The van der Waals surface area contributed by atoms with Crippen molar-refractivity contribution < 1.29 is 9.22 Å². The van der Waals surface area contributed by atoms with Gasteiger partial charge in [0.05, 0.1) is 0 Å². The van der Waals surface area contributed by atoms with Crippen LogP contribution >= 0.6 is 0 Å². The Morgan fingerprint density at radius 2 is 1.44 bits per heavy atom. The molecule has 0 fully saturated rings. The van der Waals surface area contributed by atoms with Crippen molar-refractivity contribution in [1.82, 2.24) is 0 Å². The molecule has 0 spiro atoms. The zero-order chi connectivity index (χ0) is 12.2. The molecule has 16 heavy (non-hydrogen) atoms. The van der Waals surface area contributed by atoms with Gasteiger partial charge in [0.1, 0.15) is 0 Å². The second kappa shape index (κ2) is 11.2. The molecule has 0 unspecified atom stereocenters. The Bertz CT molecular complexity index is 169. The van der Waals surface area contributed by atoms with Gasteiger partial charge in [-0.3, -0.25) is 4.79 Å². The van der Waals surface area contributed by atoms with Gasteiger partial charge >= 0.3 is 0 Å². The maximum atomic E-state index is 11.2. The minimum absolute atomic E-state index is 0.0210. The molecule has 0 aliphatic carbocycles. The minimum Gasteiger partial charge on any atom is -0.523 e. The summed E-state index contributed by atoms with van der Waals surface area (Å²) in [7, 11) is -1.16. The van der Waals surface area contributed by atoms with Crippen LogP contribution in [0.5, 0.6) is 0 Å². The zero-order valence-corrected chi connectivity index (χ0v) is 12.4. The van der Waals surface area contributed by atoms with E-state index in [1.54, 1.807) is 0 Å². The monoisotopic (exact) mass is 244 g/mol. The van der Waals surface area contributed by atoms with Gasteiger partial charge in [0.2, 0.25) is 9.04 Å². The van der Waals surface area contributed by atoms with E-state index >= 15 is 0 Å². The summed E-state index contributed by atoms with van der Waals surface area (Å²) in [5, 5.41) is 0. The van der Waals surface area contributed by atoms with Crippen LogP contribution in [0, 0.1) is 0 Å². The lowest BCUT2D eigenvalue weighted by Gasteiger charge is -2.06. The second-order valence-corrected chi connectivity index (χ2v) is 7.10. The molecule has 96 valence electrons. The molecule has 0 N–H and O–H groups in total. The molecule has 0 bridgehead atoms. The van der Waals surface area contributed by atoms with Crippen molar-refractivity contribution in [3.8, 4) is 0 Å². The van der Waals surface area contributed by atoms with Crippen LogP contribution in [0.2, 0.25) is 13.1 Å². The summed E-state index contributed by atoms with van der Waals surface area (Å²) in [4.78, 5) is 11.2. The number of rotatable bonds is 10. The van der Waals surface area contributed by atoms with E-state index in [0.29, 0.717) is 6.42 Å². The first-order valence-corrected chi connectivity index (χ1v) is 9.64. The molecule has 0 atom stereocenters. The first-order chi connectivity index (χ1) is 7.66. The quantitative estimate of drug-likeness (QED) is 0.428. The van der Waals surface area contributed by atoms with Gasteiger partial charge in [-0.25, -0.2) is 0 Å². The highest BCUT2D eigenvalue weighted by molar-refractivity contribution is 6.50. The smallest absolute Gasteiger partial charge is 0.292 e. The molecule has 2 nitrogen and oxygen atoms in total. The van der Waals surface area contributed by atoms with Gasteiger partial charge in [-0.1, -0.05) is 51.9 Å². The lowest BCUT2D eigenvalue weighted by atomic mass is 10.1. The van der Waals surface area contributed by atoms with E-state index in [9.17, 15) is 4.79 Å². The zero-order valence-electron chi connectivity index (χ0n) is 11.3. The van der Waals surface area contributed by atoms with Gasteiger partial charge in [0.15, 0.2) is 0 Å². The first kappa shape index (κ1) is 15.7. The lowest BCUT2D eigenvalue weighted by molar-refractivity contribution is -0.134. The van der Waals surface area contributed by atoms with E-state index in [1.165, 1.54) is 44.9 Å². The van der Waals surface area contributed by atoms with Crippen LogP contribution in [-0.2, 0) is 9.22 Å². The van der Waals surface area contributed by atoms with E-state index < -0.39 is 9.04 Å². The normalized spacial score (nSPS) is 10.8. The van der Waals surface area contributed by atoms with Crippen LogP contribution in [0.4, 0.5) is 0 Å². The van der Waals surface area contributed by atoms with Crippen LogP contribution in [0.15, 0.2) is 0 Å². The van der Waals surface area contributed by atoms with E-state index in [4.69, 9.17) is 4.43 Å². The molecule has 0 aromatic rings. The molecule has 0 aliphatic heterocycles. The average molecular weight is 244 g/mol. The van der Waals surface area contributed by atoms with Gasteiger partial charge < -0.3 is 4.43 Å². The standard InChI is InChI=1S/C13H28O2Si/c1-4-5-6-7-8-9-10-11-12-13(14)15-16(2)3/h16H,4-12H2,1-3H3. The fourth-order valence-corrected chi connectivity index (χ4v) is 2.37. The summed E-state index contributed by atoms with van der Waals surface area (Å²) in [5.74, 6) is 0.0210. The summed E-state index contributed by atoms with van der Waals surface area (Å²) in [5.41, 5.74) is 0. The van der Waals surface area contributed by atoms with Crippen molar-refractivity contribution in [1.29, 1.82) is 0 Å². The van der Waals surface area contributed by atoms with Gasteiger partial charge in [0.25, 0.3) is 5.97 Å². The van der Waals surface area contributed by atoms with Crippen molar-refractivity contribution in [3.05, 3.63) is 0 Å². The third kappa shape index (κ3) is 11.8. The first-order valence-electron chi connectivity index (χ1n) is 6.86. The van der Waals surface area contributed by atoms with Crippen molar-refractivity contribution in [2.24, 2.45) is 0 Å². The van der Waals surface area contributed by atoms with Crippen molar-refractivity contribution >= 4 is 15.0 Å². The Balaban J connectivity index is 3.11. The van der Waals surface area contributed by atoms with Crippen LogP contribution in [-0.4, -0.2) is 15.0 Å². The predicted molar refractivity (Wildman–Crippen MR) is 72.2 cm³/mol. The molecule has 0 radical (unpaired) electrons. The summed E-state index contributed by atoms with van der Waals surface area (Å²) >= 11 is 0. The Kier molecular flexibility index (Phi) is 11.0. The Morgan fingerprint density at radius 3 is 1.94 bits per heavy atom. The third-order valence-electron chi connectivity index (χ3n) is 2.60. The molecular formula is C13H28O2Si. The molecule has 0 rings (SSSR count). The van der Waals surface area contributed by atoms with Crippen LogP contribution < -0.4 is 0 Å². The fourth-order valence-electron chi connectivity index (χ4n) is 1.73. The summed E-state index contributed by atoms with van der Waals surface area (Å²) in [6.07, 6.45) is 10.8. The van der Waals surface area contributed by atoms with Gasteiger partial charge in [0, 0.05) is 6.42 Å². The van der Waals surface area contributed by atoms with Crippen molar-refractivity contribution in [2.45, 2.75) is 77.8 Å². The number of hydrogen-bond acceptors (Lipinski definition) is 2. The topological polar surface area (TPSA) is 26.3 Å². The molecule has 0 aromatic heterocycles. The van der Waals surface area contributed by atoms with Crippen LogP contribution in [0.1, 0.15) is 64.7 Å². The number of hydrogen-bond donors (Lipinski definition) is 0. The molecule has 0 saturated heterocycles. The van der Waals surface area contributed by atoms with E-state index in [2.05, 4.69) is 6.92 Å². The average Bonchev–Trinajstić information content (AvgIpc) is 2.21. The SMILES string of the molecule is CCCCCCCCCCC(=O)O[SiH](C)C. The highest BCUT2D eigenvalue weighted by Gasteiger charge is 2.05. The van der Waals surface area contributed by atoms with Crippen LogP contribution in [0.3, 0.4) is 0 Å². The van der Waals surface area contributed by atoms with Gasteiger partial charge in [-0.2, -0.15) is 0 Å². The minimum atomic E-state index is -1.16. The summed E-state index contributed by atoms with van der Waals surface area (Å²) in [6.45, 7) is 6.31. The van der Waals surface area contributed by atoms with Gasteiger partial charge in [-0.15, -0.1) is 0 Å². The molecule has 0 aliphatic rings. The Morgan fingerprint density at radius 1 is 0.938 bits per heavy atom. The highest BCUT2D eigenvalue weighted by atomic mass is 28.3. The lowest BCUT2D eigenvalue weighted by Crippen LogP contribution is -2.14. The molecular weight excluding hydrogens is 216 g/mol. The summed E-state index contributed by atoms with van der Waals surface area (Å²) in [6, 6.07) is 0. The highest BCUT2D eigenvalue weighted by Crippen LogP contribution is 2.09. The largest absolute Gasteiger partial charge is 0.523 e. The van der Waals surface area contributed by atoms with E-state index in [1.807, 2.05) is 13.1 Å².